The predicted octanol–water partition coefficient (Wildman–Crippen LogP) is 6.81. The summed E-state index contributed by atoms with van der Waals surface area (Å²) >= 11 is 1.58. The Labute approximate surface area is 197 Å². The minimum absolute atomic E-state index is 0.0369. The second-order valence-electron chi connectivity index (χ2n) is 9.42. The van der Waals surface area contributed by atoms with Gasteiger partial charge in [-0.25, -0.2) is 4.99 Å². The summed E-state index contributed by atoms with van der Waals surface area (Å²) in [4.78, 5) is 29.7. The normalized spacial score (nSPS) is 15.9. The van der Waals surface area contributed by atoms with Crippen molar-refractivity contribution >= 4 is 39.8 Å². The van der Waals surface area contributed by atoms with Gasteiger partial charge in [0.05, 0.1) is 10.5 Å². The third kappa shape index (κ3) is 5.20. The molecule has 0 spiro atoms. The summed E-state index contributed by atoms with van der Waals surface area (Å²) < 4.78 is 0. The van der Waals surface area contributed by atoms with Crippen molar-refractivity contribution in [3.05, 3.63) is 86.3 Å². The van der Waals surface area contributed by atoms with Crippen LogP contribution in [0.25, 0.3) is 0 Å². The van der Waals surface area contributed by atoms with Gasteiger partial charge in [0.25, 0.3) is 11.6 Å². The second-order valence-corrected chi connectivity index (χ2v) is 10.5. The number of fused-ring (bicyclic) bond motifs is 1. The molecule has 0 fully saturated rings. The van der Waals surface area contributed by atoms with Crippen molar-refractivity contribution in [3.63, 3.8) is 0 Å². The molecular weight excluding hydrogens is 434 g/mol. The number of hydrogen-bond donors (Lipinski definition) is 1. The number of nitro benzene ring substituents is 1. The number of nitrogens with zero attached hydrogens (tertiary/aromatic N) is 2. The molecule has 170 valence electrons. The molecule has 1 atom stereocenters. The van der Waals surface area contributed by atoms with Crippen LogP contribution in [0.4, 0.5) is 16.4 Å². The van der Waals surface area contributed by atoms with E-state index in [-0.39, 0.29) is 17.0 Å². The summed E-state index contributed by atoms with van der Waals surface area (Å²) in [6.45, 7) is 6.81. The summed E-state index contributed by atoms with van der Waals surface area (Å²) in [6.07, 6.45) is 4.52. The quantitative estimate of drug-likeness (QED) is 0.257. The Morgan fingerprint density at radius 3 is 2.48 bits per heavy atom. The van der Waals surface area contributed by atoms with Gasteiger partial charge in [-0.2, -0.15) is 0 Å². The van der Waals surface area contributed by atoms with Crippen molar-refractivity contribution in [1.82, 2.24) is 0 Å². The number of thiophene rings is 1. The van der Waals surface area contributed by atoms with Crippen molar-refractivity contribution in [1.29, 1.82) is 0 Å². The summed E-state index contributed by atoms with van der Waals surface area (Å²) in [5.41, 5.74) is 3.48. The molecule has 1 heterocycles. The average Bonchev–Trinajstić information content (AvgIpc) is 3.16. The molecule has 2 aromatic carbocycles. The number of para-hydroxylation sites is 1. The van der Waals surface area contributed by atoms with Gasteiger partial charge >= 0.3 is 0 Å². The fourth-order valence-corrected chi connectivity index (χ4v) is 5.43. The lowest BCUT2D eigenvalue weighted by atomic mass is 9.72. The number of aliphatic imine (C=N–C) groups is 1. The lowest BCUT2D eigenvalue weighted by Crippen LogP contribution is -2.27. The number of benzene rings is 2. The first-order valence-electron chi connectivity index (χ1n) is 11.0. The number of amides is 1. The van der Waals surface area contributed by atoms with Crippen LogP contribution < -0.4 is 5.32 Å². The largest absolute Gasteiger partial charge is 0.322 e. The van der Waals surface area contributed by atoms with Crippen molar-refractivity contribution in [2.24, 2.45) is 16.3 Å². The molecule has 1 N–H and O–H groups in total. The van der Waals surface area contributed by atoms with E-state index in [0.717, 1.165) is 36.1 Å². The topological polar surface area (TPSA) is 84.6 Å². The van der Waals surface area contributed by atoms with E-state index in [0.29, 0.717) is 16.5 Å². The molecule has 0 saturated carbocycles. The molecule has 1 amide bonds. The maximum Gasteiger partial charge on any atom is 0.269 e. The van der Waals surface area contributed by atoms with Crippen molar-refractivity contribution in [3.8, 4) is 0 Å². The zero-order chi connectivity index (χ0) is 23.6. The van der Waals surface area contributed by atoms with Crippen LogP contribution in [0.1, 0.15) is 53.6 Å². The molecule has 7 heteroatoms. The summed E-state index contributed by atoms with van der Waals surface area (Å²) in [5.74, 6) is 0.406. The maximum absolute atomic E-state index is 13.3. The average molecular weight is 462 g/mol. The van der Waals surface area contributed by atoms with Crippen LogP contribution >= 0.6 is 11.3 Å². The highest BCUT2D eigenvalue weighted by atomic mass is 32.1. The van der Waals surface area contributed by atoms with E-state index in [4.69, 9.17) is 0 Å². The van der Waals surface area contributed by atoms with Crippen LogP contribution in [0.5, 0.6) is 0 Å². The highest BCUT2D eigenvalue weighted by Gasteiger charge is 2.33. The minimum atomic E-state index is -0.425. The van der Waals surface area contributed by atoms with E-state index in [1.807, 2.05) is 30.3 Å². The van der Waals surface area contributed by atoms with Gasteiger partial charge in [0.15, 0.2) is 0 Å². The van der Waals surface area contributed by atoms with Crippen molar-refractivity contribution in [2.75, 3.05) is 5.32 Å². The number of carbonyl (C=O) groups excluding carboxylic acids is 1. The van der Waals surface area contributed by atoms with Crippen LogP contribution in [0.3, 0.4) is 0 Å². The van der Waals surface area contributed by atoms with E-state index < -0.39 is 4.92 Å². The minimum Gasteiger partial charge on any atom is -0.322 e. The van der Waals surface area contributed by atoms with E-state index in [9.17, 15) is 14.9 Å². The van der Waals surface area contributed by atoms with Gasteiger partial charge in [0.1, 0.15) is 5.00 Å². The Balaban J connectivity index is 1.68. The van der Waals surface area contributed by atoms with E-state index in [1.165, 1.54) is 17.0 Å². The molecular formula is C26H27N3O3S. The van der Waals surface area contributed by atoms with Gasteiger partial charge in [-0.15, -0.1) is 11.3 Å². The monoisotopic (exact) mass is 461 g/mol. The molecule has 4 rings (SSSR count). The maximum atomic E-state index is 13.3. The number of non-ortho nitro benzene ring substituents is 1. The smallest absolute Gasteiger partial charge is 0.269 e. The highest BCUT2D eigenvalue weighted by Crippen LogP contribution is 2.45. The molecule has 0 aliphatic heterocycles. The first kappa shape index (κ1) is 22.9. The number of hydrogen-bond acceptors (Lipinski definition) is 5. The fourth-order valence-electron chi connectivity index (χ4n) is 4.17. The lowest BCUT2D eigenvalue weighted by molar-refractivity contribution is -0.384. The lowest BCUT2D eigenvalue weighted by Gasteiger charge is -2.33. The Morgan fingerprint density at radius 2 is 1.85 bits per heavy atom. The van der Waals surface area contributed by atoms with E-state index in [1.54, 1.807) is 29.7 Å². The molecule has 33 heavy (non-hydrogen) atoms. The van der Waals surface area contributed by atoms with Crippen LogP contribution in [-0.4, -0.2) is 17.0 Å². The zero-order valence-corrected chi connectivity index (χ0v) is 19.8. The Kier molecular flexibility index (Phi) is 6.42. The number of nitrogens with one attached hydrogen (secondary N) is 1. The molecule has 0 unspecified atom stereocenters. The van der Waals surface area contributed by atoms with Crippen molar-refractivity contribution < 1.29 is 9.72 Å². The molecule has 0 saturated heterocycles. The summed E-state index contributed by atoms with van der Waals surface area (Å²) in [6, 6.07) is 15.7. The molecule has 0 radical (unpaired) electrons. The van der Waals surface area contributed by atoms with E-state index in [2.05, 4.69) is 31.1 Å². The number of carbonyl (C=O) groups is 1. The van der Waals surface area contributed by atoms with Gasteiger partial charge < -0.3 is 5.32 Å². The van der Waals surface area contributed by atoms with Gasteiger partial charge in [-0.1, -0.05) is 39.0 Å². The van der Waals surface area contributed by atoms with Crippen LogP contribution in [0.2, 0.25) is 0 Å². The van der Waals surface area contributed by atoms with Gasteiger partial charge in [0.2, 0.25) is 0 Å². The van der Waals surface area contributed by atoms with Crippen LogP contribution in [0.15, 0.2) is 59.6 Å². The SMILES string of the molecule is CC(C)(C)[C@@H]1CCc2c(sc(N=Cc3ccc([N+](=O)[O-])cc3)c2C(=O)Nc2ccccc2)C1. The molecule has 1 aliphatic rings. The molecule has 6 nitrogen and oxygen atoms in total. The molecule has 1 aromatic heterocycles. The van der Waals surface area contributed by atoms with Gasteiger partial charge in [-0.3, -0.25) is 14.9 Å². The summed E-state index contributed by atoms with van der Waals surface area (Å²) in [5, 5.41) is 14.6. The van der Waals surface area contributed by atoms with Gasteiger partial charge in [-0.05, 0) is 66.0 Å². The zero-order valence-electron chi connectivity index (χ0n) is 19.0. The van der Waals surface area contributed by atoms with E-state index >= 15 is 0 Å². The Hall–Kier alpha value is -3.32. The molecule has 1 aliphatic carbocycles. The predicted molar refractivity (Wildman–Crippen MR) is 134 cm³/mol. The highest BCUT2D eigenvalue weighted by molar-refractivity contribution is 7.16. The Bertz CT molecular complexity index is 1190. The van der Waals surface area contributed by atoms with Crippen LogP contribution in [-0.2, 0) is 12.8 Å². The first-order valence-corrected chi connectivity index (χ1v) is 11.8. The standard InChI is InChI=1S/C26H27N3O3S/c1-26(2,3)18-11-14-21-22(15-18)33-25(23(21)24(30)28-19-7-5-4-6-8-19)27-16-17-9-12-20(13-10-17)29(31)32/h4-10,12-13,16,18H,11,14-15H2,1-3H3,(H,28,30)/t18-/m1/s1. The second kappa shape index (κ2) is 9.27. The number of nitro groups is 1. The molecule has 0 bridgehead atoms. The molecule has 3 aromatic rings. The van der Waals surface area contributed by atoms with Crippen LogP contribution in [0, 0.1) is 21.4 Å². The third-order valence-electron chi connectivity index (χ3n) is 6.16. The Morgan fingerprint density at radius 1 is 1.15 bits per heavy atom. The third-order valence-corrected chi connectivity index (χ3v) is 7.33. The first-order chi connectivity index (χ1) is 15.7. The number of anilines is 1. The fraction of sp³-hybridized carbons (Fsp3) is 0.308. The summed E-state index contributed by atoms with van der Waals surface area (Å²) in [7, 11) is 0. The van der Waals surface area contributed by atoms with Crippen molar-refractivity contribution in [2.45, 2.75) is 40.0 Å². The number of rotatable bonds is 5. The van der Waals surface area contributed by atoms with Gasteiger partial charge in [0, 0.05) is 28.9 Å².